The van der Waals surface area contributed by atoms with Gasteiger partial charge in [-0.05, 0) is 36.8 Å². The first kappa shape index (κ1) is 14.5. The summed E-state index contributed by atoms with van der Waals surface area (Å²) in [6.07, 6.45) is 1.49. The van der Waals surface area contributed by atoms with Gasteiger partial charge in [0.1, 0.15) is 10.7 Å². The molecule has 0 aliphatic carbocycles. The Kier molecular flexibility index (Phi) is 3.82. The van der Waals surface area contributed by atoms with Gasteiger partial charge in [-0.15, -0.1) is 0 Å². The van der Waals surface area contributed by atoms with Gasteiger partial charge >= 0.3 is 0 Å². The summed E-state index contributed by atoms with van der Waals surface area (Å²) in [5, 5.41) is 0. The molecule has 0 fully saturated rings. The van der Waals surface area contributed by atoms with Crippen molar-refractivity contribution in [1.29, 1.82) is 0 Å². The minimum atomic E-state index is -3.71. The van der Waals surface area contributed by atoms with Gasteiger partial charge in [-0.2, -0.15) is 0 Å². The number of sulfonamides is 1. The smallest absolute Gasteiger partial charge is 0.263 e. The van der Waals surface area contributed by atoms with E-state index >= 15 is 0 Å². The highest BCUT2D eigenvalue weighted by Crippen LogP contribution is 2.21. The zero-order valence-electron chi connectivity index (χ0n) is 11.2. The Morgan fingerprint density at radius 3 is 2.60 bits per heavy atom. The maximum Gasteiger partial charge on any atom is 0.263 e. The van der Waals surface area contributed by atoms with E-state index in [2.05, 4.69) is 4.72 Å². The molecule has 0 spiro atoms. The highest BCUT2D eigenvalue weighted by molar-refractivity contribution is 7.92. The van der Waals surface area contributed by atoms with Crippen molar-refractivity contribution >= 4 is 15.7 Å². The number of anilines is 1. The molecule has 0 saturated heterocycles. The molecule has 0 saturated carbocycles. The van der Waals surface area contributed by atoms with E-state index in [1.807, 2.05) is 0 Å². The van der Waals surface area contributed by atoms with Crippen molar-refractivity contribution < 1.29 is 12.8 Å². The highest BCUT2D eigenvalue weighted by Gasteiger charge is 2.18. The Morgan fingerprint density at radius 1 is 1.35 bits per heavy atom. The van der Waals surface area contributed by atoms with Crippen molar-refractivity contribution in [2.45, 2.75) is 18.4 Å². The monoisotopic (exact) mass is 297 g/mol. The third-order valence-electron chi connectivity index (χ3n) is 3.04. The molecule has 0 atom stereocenters. The van der Waals surface area contributed by atoms with Gasteiger partial charge in [0.25, 0.3) is 10.0 Å². The molecule has 108 valence electrons. The van der Waals surface area contributed by atoms with Crippen LogP contribution in [0.5, 0.6) is 0 Å². The molecule has 0 aliphatic rings. The molecule has 5 nitrogen and oxygen atoms in total. The van der Waals surface area contributed by atoms with Crippen LogP contribution in [0.1, 0.15) is 11.3 Å². The molecular formula is C13H16FN3O2S. The third-order valence-corrected chi connectivity index (χ3v) is 4.37. The Balaban J connectivity index is 2.35. The summed E-state index contributed by atoms with van der Waals surface area (Å²) in [6, 6.07) is 5.39. The van der Waals surface area contributed by atoms with Gasteiger partial charge in [-0.1, -0.05) is 0 Å². The summed E-state index contributed by atoms with van der Waals surface area (Å²) in [5.41, 5.74) is 7.10. The third kappa shape index (κ3) is 2.83. The SMILES string of the molecule is Cc1cc(F)ccc1NS(=O)(=O)c1cc(CN)n(C)c1. The van der Waals surface area contributed by atoms with Gasteiger partial charge in [0.15, 0.2) is 0 Å². The number of halogens is 1. The molecular weight excluding hydrogens is 281 g/mol. The zero-order valence-corrected chi connectivity index (χ0v) is 12.0. The molecule has 2 aromatic rings. The molecule has 0 unspecified atom stereocenters. The van der Waals surface area contributed by atoms with E-state index in [0.717, 1.165) is 0 Å². The highest BCUT2D eigenvalue weighted by atomic mass is 32.2. The van der Waals surface area contributed by atoms with Crippen LogP contribution in [0.25, 0.3) is 0 Å². The molecule has 1 aromatic carbocycles. The first-order valence-corrected chi connectivity index (χ1v) is 7.46. The van der Waals surface area contributed by atoms with Gasteiger partial charge in [-0.3, -0.25) is 4.72 Å². The zero-order chi connectivity index (χ0) is 14.9. The van der Waals surface area contributed by atoms with Crippen molar-refractivity contribution in [3.8, 4) is 0 Å². The minimum Gasteiger partial charge on any atom is -0.352 e. The maximum atomic E-state index is 13.0. The first-order chi connectivity index (χ1) is 9.33. The largest absolute Gasteiger partial charge is 0.352 e. The van der Waals surface area contributed by atoms with E-state index in [-0.39, 0.29) is 11.4 Å². The predicted octanol–water partition coefficient (Wildman–Crippen LogP) is 1.73. The van der Waals surface area contributed by atoms with E-state index in [0.29, 0.717) is 16.9 Å². The lowest BCUT2D eigenvalue weighted by Gasteiger charge is -2.09. The number of benzene rings is 1. The van der Waals surface area contributed by atoms with E-state index in [1.165, 1.54) is 30.5 Å². The van der Waals surface area contributed by atoms with Crippen molar-refractivity contribution in [3.63, 3.8) is 0 Å². The van der Waals surface area contributed by atoms with Crippen LogP contribution in [-0.2, 0) is 23.6 Å². The number of nitrogens with one attached hydrogen (secondary N) is 1. The van der Waals surface area contributed by atoms with Gasteiger partial charge < -0.3 is 10.3 Å². The first-order valence-electron chi connectivity index (χ1n) is 5.98. The van der Waals surface area contributed by atoms with E-state index < -0.39 is 15.8 Å². The predicted molar refractivity (Wildman–Crippen MR) is 75.2 cm³/mol. The second kappa shape index (κ2) is 5.26. The van der Waals surface area contributed by atoms with Crippen LogP contribution >= 0.6 is 0 Å². The fourth-order valence-corrected chi connectivity index (χ4v) is 3.10. The number of hydrogen-bond acceptors (Lipinski definition) is 3. The quantitative estimate of drug-likeness (QED) is 0.902. The Morgan fingerprint density at radius 2 is 2.05 bits per heavy atom. The number of nitrogens with zero attached hydrogens (tertiary/aromatic N) is 1. The number of hydrogen-bond donors (Lipinski definition) is 2. The summed E-state index contributed by atoms with van der Waals surface area (Å²) in [5.74, 6) is -0.407. The summed E-state index contributed by atoms with van der Waals surface area (Å²) >= 11 is 0. The summed E-state index contributed by atoms with van der Waals surface area (Å²) in [7, 11) is -1.98. The number of rotatable bonds is 4. The molecule has 2 rings (SSSR count). The number of aromatic nitrogens is 1. The maximum absolute atomic E-state index is 13.0. The van der Waals surface area contributed by atoms with Crippen LogP contribution in [0.2, 0.25) is 0 Å². The summed E-state index contributed by atoms with van der Waals surface area (Å²) < 4.78 is 41.6. The molecule has 3 N–H and O–H groups in total. The van der Waals surface area contributed by atoms with Gasteiger partial charge in [-0.25, -0.2) is 12.8 Å². The van der Waals surface area contributed by atoms with E-state index in [9.17, 15) is 12.8 Å². The minimum absolute atomic E-state index is 0.129. The molecule has 20 heavy (non-hydrogen) atoms. The normalized spacial score (nSPS) is 11.6. The van der Waals surface area contributed by atoms with Crippen LogP contribution in [0, 0.1) is 12.7 Å². The standard InChI is InChI=1S/C13H16FN3O2S/c1-9-5-10(14)3-4-13(9)16-20(18,19)12-6-11(7-15)17(2)8-12/h3-6,8,16H,7,15H2,1-2H3. The lowest BCUT2D eigenvalue weighted by atomic mass is 10.2. The lowest BCUT2D eigenvalue weighted by molar-refractivity contribution is 0.600. The number of aryl methyl sites for hydroxylation is 2. The molecule has 7 heteroatoms. The van der Waals surface area contributed by atoms with Crippen LogP contribution < -0.4 is 10.5 Å². The van der Waals surface area contributed by atoms with Crippen LogP contribution in [0.3, 0.4) is 0 Å². The van der Waals surface area contributed by atoms with Crippen molar-refractivity contribution in [3.05, 3.63) is 47.5 Å². The fraction of sp³-hybridized carbons (Fsp3) is 0.231. The molecule has 0 amide bonds. The lowest BCUT2D eigenvalue weighted by Crippen LogP contribution is -2.13. The molecule has 1 aromatic heterocycles. The van der Waals surface area contributed by atoms with Crippen LogP contribution in [-0.4, -0.2) is 13.0 Å². The second-order valence-corrected chi connectivity index (χ2v) is 6.23. The van der Waals surface area contributed by atoms with Crippen LogP contribution in [0.4, 0.5) is 10.1 Å². The van der Waals surface area contributed by atoms with Gasteiger partial charge in [0.2, 0.25) is 0 Å². The van der Waals surface area contributed by atoms with Crippen molar-refractivity contribution in [2.24, 2.45) is 12.8 Å². The summed E-state index contributed by atoms with van der Waals surface area (Å²) in [4.78, 5) is 0.129. The Labute approximate surface area is 117 Å². The van der Waals surface area contributed by atoms with Gasteiger partial charge in [0, 0.05) is 25.5 Å². The van der Waals surface area contributed by atoms with E-state index in [1.54, 1.807) is 18.5 Å². The Bertz CT molecular complexity index is 738. The Hall–Kier alpha value is -1.86. The second-order valence-electron chi connectivity index (χ2n) is 4.55. The molecule has 0 aliphatic heterocycles. The number of nitrogens with two attached hydrogens (primary N) is 1. The average molecular weight is 297 g/mol. The van der Waals surface area contributed by atoms with Crippen molar-refractivity contribution in [2.75, 3.05) is 4.72 Å². The average Bonchev–Trinajstić information content (AvgIpc) is 2.75. The molecule has 0 bridgehead atoms. The van der Waals surface area contributed by atoms with Gasteiger partial charge in [0.05, 0.1) is 5.69 Å². The van der Waals surface area contributed by atoms with Crippen molar-refractivity contribution in [1.82, 2.24) is 4.57 Å². The van der Waals surface area contributed by atoms with Crippen LogP contribution in [0.15, 0.2) is 35.4 Å². The summed E-state index contributed by atoms with van der Waals surface area (Å²) in [6.45, 7) is 1.89. The molecule has 1 heterocycles. The molecule has 0 radical (unpaired) electrons. The van der Waals surface area contributed by atoms with E-state index in [4.69, 9.17) is 5.73 Å². The fourth-order valence-electron chi connectivity index (χ4n) is 1.87. The topological polar surface area (TPSA) is 77.1 Å².